The number of hydrogen-bond donors (Lipinski definition) is 0. The van der Waals surface area contributed by atoms with E-state index in [1.54, 1.807) is 0 Å². The molecule has 0 spiro atoms. The van der Waals surface area contributed by atoms with E-state index in [0.717, 1.165) is 6.42 Å². The van der Waals surface area contributed by atoms with Crippen molar-refractivity contribution in [2.24, 2.45) is 0 Å². The largest absolute Gasteiger partial charge is 0.303 e. The number of imidazole rings is 1. The Morgan fingerprint density at radius 1 is 1.14 bits per heavy atom. The van der Waals surface area contributed by atoms with E-state index < -0.39 is 0 Å². The molecule has 3 rings (SSSR count). The second-order valence-electron chi connectivity index (χ2n) is 3.70. The molecule has 1 aromatic heterocycles. The molecule has 0 N–H and O–H groups in total. The Morgan fingerprint density at radius 2 is 2.07 bits per heavy atom. The summed E-state index contributed by atoms with van der Waals surface area (Å²) in [6.45, 7) is 0. The molecule has 0 amide bonds. The van der Waals surface area contributed by atoms with Crippen molar-refractivity contribution in [1.82, 2.24) is 9.55 Å². The number of aryl methyl sites for hydroxylation is 2. The summed E-state index contributed by atoms with van der Waals surface area (Å²) >= 11 is 0. The Bertz CT molecular complexity index is 457. The number of nitrogens with zero attached hydrogens (tertiary/aromatic N) is 2. The average Bonchev–Trinajstić information content (AvgIpc) is 2.61. The molecule has 0 saturated heterocycles. The molecule has 0 aliphatic carbocycles. The highest BCUT2D eigenvalue weighted by Crippen LogP contribution is 2.22. The third kappa shape index (κ3) is 1.07. The smallest absolute Gasteiger partial charge is 0.113 e. The molecule has 1 aliphatic heterocycles. The Labute approximate surface area is 83.2 Å². The van der Waals surface area contributed by atoms with E-state index in [0.29, 0.717) is 0 Å². The summed E-state index contributed by atoms with van der Waals surface area (Å²) in [6, 6.07) is 8.59. The van der Waals surface area contributed by atoms with Gasteiger partial charge in [0.05, 0.1) is 0 Å². The van der Waals surface area contributed by atoms with Crippen LogP contribution in [0, 0.1) is 0 Å². The van der Waals surface area contributed by atoms with Crippen molar-refractivity contribution in [3.8, 4) is 5.69 Å². The molecular weight excluding hydrogens is 172 g/mol. The van der Waals surface area contributed by atoms with E-state index in [1.807, 2.05) is 6.20 Å². The van der Waals surface area contributed by atoms with E-state index >= 15 is 0 Å². The van der Waals surface area contributed by atoms with Gasteiger partial charge in [-0.2, -0.15) is 0 Å². The Morgan fingerprint density at radius 3 is 3.07 bits per heavy atom. The average molecular weight is 184 g/mol. The fraction of sp³-hybridized carbons (Fsp3) is 0.250. The third-order valence-electron chi connectivity index (χ3n) is 2.82. The fourth-order valence-corrected chi connectivity index (χ4v) is 2.13. The maximum Gasteiger partial charge on any atom is 0.113 e. The topological polar surface area (TPSA) is 17.8 Å². The molecule has 0 radical (unpaired) electrons. The highest BCUT2D eigenvalue weighted by atomic mass is 15.1. The van der Waals surface area contributed by atoms with E-state index in [4.69, 9.17) is 0 Å². The minimum absolute atomic E-state index is 1.08. The van der Waals surface area contributed by atoms with Crippen LogP contribution in [0.5, 0.6) is 0 Å². The van der Waals surface area contributed by atoms with Gasteiger partial charge in [0, 0.05) is 24.5 Å². The van der Waals surface area contributed by atoms with Gasteiger partial charge >= 0.3 is 0 Å². The SMILES string of the molecule is c1ccc2c(c1)CCCc1nccn1-2. The van der Waals surface area contributed by atoms with Crippen molar-refractivity contribution in [3.63, 3.8) is 0 Å². The van der Waals surface area contributed by atoms with Crippen LogP contribution in [-0.2, 0) is 12.8 Å². The second-order valence-corrected chi connectivity index (χ2v) is 3.70. The van der Waals surface area contributed by atoms with Gasteiger partial charge < -0.3 is 4.57 Å². The summed E-state index contributed by atoms with van der Waals surface area (Å²) in [5, 5.41) is 0. The van der Waals surface area contributed by atoms with Crippen molar-refractivity contribution in [1.29, 1.82) is 0 Å². The zero-order chi connectivity index (χ0) is 9.38. The minimum Gasteiger partial charge on any atom is -0.303 e. The van der Waals surface area contributed by atoms with Gasteiger partial charge in [-0.3, -0.25) is 0 Å². The van der Waals surface area contributed by atoms with E-state index in [9.17, 15) is 0 Å². The van der Waals surface area contributed by atoms with Gasteiger partial charge in [0.2, 0.25) is 0 Å². The second kappa shape index (κ2) is 2.98. The summed E-state index contributed by atoms with van der Waals surface area (Å²) in [4.78, 5) is 4.38. The van der Waals surface area contributed by atoms with Gasteiger partial charge in [-0.05, 0) is 24.5 Å². The molecule has 2 heterocycles. The zero-order valence-electron chi connectivity index (χ0n) is 7.98. The number of rotatable bonds is 0. The summed E-state index contributed by atoms with van der Waals surface area (Å²) in [5.74, 6) is 1.19. The van der Waals surface area contributed by atoms with Crippen LogP contribution in [0.25, 0.3) is 5.69 Å². The Hall–Kier alpha value is -1.57. The first-order valence-corrected chi connectivity index (χ1v) is 5.06. The van der Waals surface area contributed by atoms with Crippen LogP contribution >= 0.6 is 0 Å². The predicted octanol–water partition coefficient (Wildman–Crippen LogP) is 2.36. The number of hydrogen-bond acceptors (Lipinski definition) is 1. The molecule has 1 aromatic carbocycles. The molecule has 14 heavy (non-hydrogen) atoms. The molecule has 0 bridgehead atoms. The van der Waals surface area contributed by atoms with Crippen LogP contribution in [0.2, 0.25) is 0 Å². The van der Waals surface area contributed by atoms with Crippen LogP contribution < -0.4 is 0 Å². The lowest BCUT2D eigenvalue weighted by Gasteiger charge is -2.07. The predicted molar refractivity (Wildman–Crippen MR) is 55.6 cm³/mol. The first kappa shape index (κ1) is 7.80. The first-order chi connectivity index (χ1) is 6.95. The van der Waals surface area contributed by atoms with E-state index in [1.165, 1.54) is 29.9 Å². The first-order valence-electron chi connectivity index (χ1n) is 5.06. The highest BCUT2D eigenvalue weighted by molar-refractivity contribution is 5.43. The van der Waals surface area contributed by atoms with Crippen molar-refractivity contribution < 1.29 is 0 Å². The third-order valence-corrected chi connectivity index (χ3v) is 2.82. The Kier molecular flexibility index (Phi) is 1.66. The quantitative estimate of drug-likeness (QED) is 0.614. The number of aromatic nitrogens is 2. The normalized spacial score (nSPS) is 14.3. The van der Waals surface area contributed by atoms with Crippen molar-refractivity contribution >= 4 is 0 Å². The van der Waals surface area contributed by atoms with Crippen LogP contribution in [0.15, 0.2) is 36.7 Å². The van der Waals surface area contributed by atoms with Crippen LogP contribution in [0.3, 0.4) is 0 Å². The lowest BCUT2D eigenvalue weighted by molar-refractivity contribution is 0.790. The molecule has 2 heteroatoms. The van der Waals surface area contributed by atoms with Gasteiger partial charge in [0.15, 0.2) is 0 Å². The van der Waals surface area contributed by atoms with Crippen molar-refractivity contribution in [2.45, 2.75) is 19.3 Å². The number of fused-ring (bicyclic) bond motifs is 3. The lowest BCUT2D eigenvalue weighted by atomic mass is 10.1. The fourth-order valence-electron chi connectivity index (χ4n) is 2.13. The van der Waals surface area contributed by atoms with Gasteiger partial charge in [0.1, 0.15) is 5.82 Å². The van der Waals surface area contributed by atoms with Crippen LogP contribution in [0.1, 0.15) is 17.8 Å². The summed E-state index contributed by atoms with van der Waals surface area (Å²) in [7, 11) is 0. The molecule has 2 aromatic rings. The molecule has 1 aliphatic rings. The lowest BCUT2D eigenvalue weighted by Crippen LogP contribution is -1.98. The van der Waals surface area contributed by atoms with Crippen molar-refractivity contribution in [2.75, 3.05) is 0 Å². The number of para-hydroxylation sites is 1. The summed E-state index contributed by atoms with van der Waals surface area (Å²) in [5.41, 5.74) is 2.74. The van der Waals surface area contributed by atoms with Gasteiger partial charge in [-0.1, -0.05) is 18.2 Å². The maximum atomic E-state index is 4.38. The maximum absolute atomic E-state index is 4.38. The van der Waals surface area contributed by atoms with Crippen molar-refractivity contribution in [3.05, 3.63) is 48.0 Å². The minimum atomic E-state index is 1.08. The Balaban J connectivity index is 2.27. The van der Waals surface area contributed by atoms with Gasteiger partial charge in [0.25, 0.3) is 0 Å². The van der Waals surface area contributed by atoms with E-state index in [2.05, 4.69) is 40.0 Å². The standard InChI is InChI=1S/C12H12N2/c1-2-6-11-10(4-1)5-3-7-12-13-8-9-14(11)12/h1-2,4,6,8-9H,3,5,7H2. The van der Waals surface area contributed by atoms with Gasteiger partial charge in [-0.25, -0.2) is 4.98 Å². The van der Waals surface area contributed by atoms with Gasteiger partial charge in [-0.15, -0.1) is 0 Å². The molecule has 0 fully saturated rings. The number of benzene rings is 1. The van der Waals surface area contributed by atoms with Crippen LogP contribution in [0.4, 0.5) is 0 Å². The summed E-state index contributed by atoms with van der Waals surface area (Å²) < 4.78 is 2.21. The molecular formula is C12H12N2. The summed E-state index contributed by atoms with van der Waals surface area (Å²) in [6.07, 6.45) is 7.40. The molecule has 0 unspecified atom stereocenters. The molecule has 2 nitrogen and oxygen atoms in total. The molecule has 0 saturated carbocycles. The van der Waals surface area contributed by atoms with E-state index in [-0.39, 0.29) is 0 Å². The molecule has 0 atom stereocenters. The molecule has 70 valence electrons. The van der Waals surface area contributed by atoms with Crippen LogP contribution in [-0.4, -0.2) is 9.55 Å². The zero-order valence-corrected chi connectivity index (χ0v) is 7.98. The highest BCUT2D eigenvalue weighted by Gasteiger charge is 2.12. The monoisotopic (exact) mass is 184 g/mol.